The maximum absolute atomic E-state index is 13.8. The van der Waals surface area contributed by atoms with Crippen LogP contribution in [-0.2, 0) is 19.9 Å². The van der Waals surface area contributed by atoms with Gasteiger partial charge in [-0.25, -0.2) is 4.79 Å². The van der Waals surface area contributed by atoms with Crippen LogP contribution in [-0.4, -0.2) is 19.3 Å². The van der Waals surface area contributed by atoms with Crippen molar-refractivity contribution in [3.05, 3.63) is 84.4 Å². The van der Waals surface area contributed by atoms with Crippen LogP contribution in [0.3, 0.4) is 0 Å². The Balaban J connectivity index is 2.44. The first-order valence-corrected chi connectivity index (χ1v) is 7.42. The molecule has 2 aromatic carbocycles. The van der Waals surface area contributed by atoms with Crippen LogP contribution in [0.15, 0.2) is 73.3 Å². The van der Waals surface area contributed by atoms with Gasteiger partial charge in [-0.15, -0.1) is 0 Å². The van der Waals surface area contributed by atoms with Crippen molar-refractivity contribution in [2.45, 2.75) is 17.9 Å². The van der Waals surface area contributed by atoms with Gasteiger partial charge < -0.3 is 9.47 Å². The monoisotopic (exact) mass is 350 g/mol. The SMILES string of the molecule is C=CC(OC(=O)[C@](OC)(c1ccccc1)C(F)(F)F)c1ccccc1. The number of hydrogen-bond acceptors (Lipinski definition) is 3. The van der Waals surface area contributed by atoms with E-state index in [4.69, 9.17) is 9.47 Å². The Hall–Kier alpha value is -2.60. The van der Waals surface area contributed by atoms with Crippen LogP contribution in [0.4, 0.5) is 13.2 Å². The molecule has 6 heteroatoms. The molecule has 0 amide bonds. The summed E-state index contributed by atoms with van der Waals surface area (Å²) >= 11 is 0. The lowest BCUT2D eigenvalue weighted by Crippen LogP contribution is -2.51. The van der Waals surface area contributed by atoms with Crippen LogP contribution < -0.4 is 0 Å². The summed E-state index contributed by atoms with van der Waals surface area (Å²) in [7, 11) is 0.827. The average Bonchev–Trinajstić information content (AvgIpc) is 2.61. The van der Waals surface area contributed by atoms with Gasteiger partial charge in [-0.1, -0.05) is 67.2 Å². The quantitative estimate of drug-likeness (QED) is 0.566. The highest BCUT2D eigenvalue weighted by Gasteiger charge is 2.64. The van der Waals surface area contributed by atoms with Crippen LogP contribution in [0, 0.1) is 0 Å². The summed E-state index contributed by atoms with van der Waals surface area (Å²) in [6.45, 7) is 3.53. The third-order valence-electron chi connectivity index (χ3n) is 3.75. The number of methoxy groups -OCH3 is 1. The smallest absolute Gasteiger partial charge is 0.432 e. The molecule has 25 heavy (non-hydrogen) atoms. The van der Waals surface area contributed by atoms with E-state index in [1.54, 1.807) is 36.4 Å². The number of carbonyl (C=O) groups is 1. The van der Waals surface area contributed by atoms with E-state index < -0.39 is 23.9 Å². The zero-order valence-electron chi connectivity index (χ0n) is 13.5. The van der Waals surface area contributed by atoms with Gasteiger partial charge in [-0.05, 0) is 11.6 Å². The highest BCUT2D eigenvalue weighted by molar-refractivity contribution is 5.83. The van der Waals surface area contributed by atoms with Gasteiger partial charge in [0.2, 0.25) is 0 Å². The van der Waals surface area contributed by atoms with Gasteiger partial charge in [0, 0.05) is 12.7 Å². The molecule has 0 radical (unpaired) electrons. The lowest BCUT2D eigenvalue weighted by atomic mass is 9.92. The first kappa shape index (κ1) is 18.7. The standard InChI is InChI=1S/C19H17F3O3/c1-3-16(14-10-6-4-7-11-14)25-17(23)18(24-2,19(20,21)22)15-12-8-5-9-13-15/h3-13,16H,1H2,2H3/t16?,18-/m1/s1. The molecule has 0 saturated carbocycles. The van der Waals surface area contributed by atoms with Gasteiger partial charge in [0.05, 0.1) is 0 Å². The zero-order valence-corrected chi connectivity index (χ0v) is 13.5. The van der Waals surface area contributed by atoms with Crippen molar-refractivity contribution >= 4 is 5.97 Å². The second kappa shape index (κ2) is 7.53. The van der Waals surface area contributed by atoms with E-state index in [2.05, 4.69) is 6.58 Å². The fraction of sp³-hybridized carbons (Fsp3) is 0.211. The summed E-state index contributed by atoms with van der Waals surface area (Å²) in [5.41, 5.74) is -3.07. The van der Waals surface area contributed by atoms with Crippen molar-refractivity contribution in [2.24, 2.45) is 0 Å². The molecule has 2 aromatic rings. The Labute approximate surface area is 143 Å². The van der Waals surface area contributed by atoms with E-state index in [1.165, 1.54) is 30.3 Å². The Morgan fingerprint density at radius 3 is 2.00 bits per heavy atom. The van der Waals surface area contributed by atoms with Crippen LogP contribution >= 0.6 is 0 Å². The number of halogens is 3. The van der Waals surface area contributed by atoms with Crippen LogP contribution in [0.1, 0.15) is 17.2 Å². The summed E-state index contributed by atoms with van der Waals surface area (Å²) < 4.78 is 51.3. The van der Waals surface area contributed by atoms with Crippen LogP contribution in [0.5, 0.6) is 0 Å². The van der Waals surface area contributed by atoms with Gasteiger partial charge >= 0.3 is 12.1 Å². The molecule has 2 atom stereocenters. The number of hydrogen-bond donors (Lipinski definition) is 0. The molecule has 0 aliphatic heterocycles. The molecule has 0 N–H and O–H groups in total. The van der Waals surface area contributed by atoms with Crippen molar-refractivity contribution in [3.63, 3.8) is 0 Å². The molecule has 0 aliphatic carbocycles. The first-order chi connectivity index (χ1) is 11.9. The Kier molecular flexibility index (Phi) is 5.64. The Bertz CT molecular complexity index is 714. The van der Waals surface area contributed by atoms with E-state index in [0.717, 1.165) is 7.11 Å². The predicted octanol–water partition coefficient (Wildman–Crippen LogP) is 4.56. The third kappa shape index (κ3) is 3.58. The third-order valence-corrected chi connectivity index (χ3v) is 3.75. The van der Waals surface area contributed by atoms with Gasteiger partial charge in [0.25, 0.3) is 5.60 Å². The van der Waals surface area contributed by atoms with E-state index in [1.807, 2.05) is 0 Å². The van der Waals surface area contributed by atoms with Gasteiger partial charge in [0.1, 0.15) is 6.10 Å². The van der Waals surface area contributed by atoms with Crippen LogP contribution in [0.25, 0.3) is 0 Å². The van der Waals surface area contributed by atoms with E-state index >= 15 is 0 Å². The molecule has 1 unspecified atom stereocenters. The van der Waals surface area contributed by atoms with Crippen molar-refractivity contribution < 1.29 is 27.4 Å². The maximum atomic E-state index is 13.8. The molecule has 0 aromatic heterocycles. The lowest BCUT2D eigenvalue weighted by Gasteiger charge is -2.33. The second-order valence-electron chi connectivity index (χ2n) is 5.22. The minimum atomic E-state index is -5.01. The van der Waals surface area contributed by atoms with Gasteiger partial charge in [-0.3, -0.25) is 0 Å². The number of alkyl halides is 3. The molecule has 0 fully saturated rings. The number of rotatable bonds is 6. The fourth-order valence-electron chi connectivity index (χ4n) is 2.48. The summed E-state index contributed by atoms with van der Waals surface area (Å²) in [4.78, 5) is 12.6. The number of benzene rings is 2. The minimum Gasteiger partial charge on any atom is -0.451 e. The Morgan fingerprint density at radius 1 is 1.04 bits per heavy atom. The summed E-state index contributed by atoms with van der Waals surface area (Å²) in [6.07, 6.45) is -4.79. The zero-order chi connectivity index (χ0) is 18.5. The van der Waals surface area contributed by atoms with Crippen molar-refractivity contribution in [1.29, 1.82) is 0 Å². The summed E-state index contributed by atoms with van der Waals surface area (Å²) in [5, 5.41) is 0. The van der Waals surface area contributed by atoms with Crippen molar-refractivity contribution in [3.8, 4) is 0 Å². The molecule has 0 heterocycles. The molecule has 2 rings (SSSR count). The second-order valence-corrected chi connectivity index (χ2v) is 5.22. The topological polar surface area (TPSA) is 35.5 Å². The van der Waals surface area contributed by atoms with E-state index in [-0.39, 0.29) is 5.56 Å². The first-order valence-electron chi connectivity index (χ1n) is 7.42. The highest BCUT2D eigenvalue weighted by atomic mass is 19.4. The van der Waals surface area contributed by atoms with Gasteiger partial charge in [0.15, 0.2) is 0 Å². The molecular weight excluding hydrogens is 333 g/mol. The maximum Gasteiger partial charge on any atom is 0.432 e. The average molecular weight is 350 g/mol. The molecule has 0 saturated heterocycles. The largest absolute Gasteiger partial charge is 0.451 e. The minimum absolute atomic E-state index is 0.356. The molecule has 0 aliphatic rings. The van der Waals surface area contributed by atoms with Crippen molar-refractivity contribution in [2.75, 3.05) is 7.11 Å². The molecular formula is C19H17F3O3. The summed E-state index contributed by atoms with van der Waals surface area (Å²) in [6, 6.07) is 15.0. The van der Waals surface area contributed by atoms with E-state index in [0.29, 0.717) is 5.56 Å². The van der Waals surface area contributed by atoms with Crippen LogP contribution in [0.2, 0.25) is 0 Å². The number of esters is 1. The Morgan fingerprint density at radius 2 is 1.56 bits per heavy atom. The van der Waals surface area contributed by atoms with Gasteiger partial charge in [-0.2, -0.15) is 13.2 Å². The number of ether oxygens (including phenoxy) is 2. The normalized spacial score (nSPS) is 15.0. The van der Waals surface area contributed by atoms with E-state index in [9.17, 15) is 18.0 Å². The van der Waals surface area contributed by atoms with Crippen molar-refractivity contribution in [1.82, 2.24) is 0 Å². The predicted molar refractivity (Wildman–Crippen MR) is 86.7 cm³/mol. The molecule has 132 valence electrons. The highest BCUT2D eigenvalue weighted by Crippen LogP contribution is 2.43. The number of carbonyl (C=O) groups excluding carboxylic acids is 1. The summed E-state index contributed by atoms with van der Waals surface area (Å²) in [5.74, 6) is -1.55. The molecule has 0 spiro atoms. The molecule has 3 nitrogen and oxygen atoms in total. The fourth-order valence-corrected chi connectivity index (χ4v) is 2.48. The molecule has 0 bridgehead atoms. The lowest BCUT2D eigenvalue weighted by molar-refractivity contribution is -0.277.